The van der Waals surface area contributed by atoms with Crippen molar-refractivity contribution in [3.8, 4) is 11.3 Å². The zero-order valence-electron chi connectivity index (χ0n) is 12.1. The molecule has 0 radical (unpaired) electrons. The molecule has 6 heteroatoms. The van der Waals surface area contributed by atoms with E-state index < -0.39 is 11.8 Å². The Balaban J connectivity index is 2.36. The second-order valence-corrected chi connectivity index (χ2v) is 6.15. The molecule has 2 N–H and O–H groups in total. The van der Waals surface area contributed by atoms with Crippen LogP contribution >= 0.6 is 22.6 Å². The normalized spacial score (nSPS) is 10.7. The average molecular weight is 422 g/mol. The maximum absolute atomic E-state index is 13.6. The van der Waals surface area contributed by atoms with Crippen LogP contribution in [-0.2, 0) is 4.74 Å². The Hall–Kier alpha value is -2.22. The van der Waals surface area contributed by atoms with E-state index in [2.05, 4.69) is 27.6 Å². The number of methoxy groups -OCH3 is 1. The quantitative estimate of drug-likeness (QED) is 0.501. The Morgan fingerprint density at radius 3 is 2.57 bits per heavy atom. The summed E-state index contributed by atoms with van der Waals surface area (Å²) in [6.45, 7) is 0. The van der Waals surface area contributed by atoms with Crippen LogP contribution in [0, 0.1) is 9.39 Å². The van der Waals surface area contributed by atoms with Crippen LogP contribution in [0.4, 0.5) is 10.1 Å². The van der Waals surface area contributed by atoms with Crippen molar-refractivity contribution in [1.29, 1.82) is 0 Å². The summed E-state index contributed by atoms with van der Waals surface area (Å²) >= 11 is 2.20. The number of carbonyl (C=O) groups excluding carboxylic acids is 1. The van der Waals surface area contributed by atoms with Crippen LogP contribution < -0.4 is 5.73 Å². The second-order valence-electron chi connectivity index (χ2n) is 4.91. The van der Waals surface area contributed by atoms with Gasteiger partial charge >= 0.3 is 5.97 Å². The first-order valence-electron chi connectivity index (χ1n) is 6.74. The lowest BCUT2D eigenvalue weighted by Crippen LogP contribution is -2.09. The topological polar surface area (TPSA) is 65.2 Å². The van der Waals surface area contributed by atoms with Crippen LogP contribution in [-0.4, -0.2) is 18.1 Å². The van der Waals surface area contributed by atoms with E-state index >= 15 is 0 Å². The molecular formula is C17H12FIN2O2. The number of pyridine rings is 1. The van der Waals surface area contributed by atoms with E-state index in [1.165, 1.54) is 25.3 Å². The molecule has 3 aromatic rings. The zero-order chi connectivity index (χ0) is 16.6. The summed E-state index contributed by atoms with van der Waals surface area (Å²) in [5.74, 6) is -1.09. The van der Waals surface area contributed by atoms with E-state index in [0.717, 1.165) is 9.13 Å². The number of halogens is 2. The van der Waals surface area contributed by atoms with Crippen molar-refractivity contribution in [1.82, 2.24) is 4.98 Å². The number of nitrogens with zero attached hydrogens (tertiary/aromatic N) is 1. The summed E-state index contributed by atoms with van der Waals surface area (Å²) in [4.78, 5) is 16.6. The van der Waals surface area contributed by atoms with Crippen molar-refractivity contribution in [3.05, 3.63) is 57.4 Å². The molecule has 116 valence electrons. The second kappa shape index (κ2) is 6.11. The number of hydrogen-bond acceptors (Lipinski definition) is 4. The minimum atomic E-state index is -0.618. The summed E-state index contributed by atoms with van der Waals surface area (Å²) < 4.78 is 19.4. The molecule has 1 aromatic heterocycles. The lowest BCUT2D eigenvalue weighted by molar-refractivity contribution is 0.0604. The monoisotopic (exact) mass is 422 g/mol. The third-order valence-corrected chi connectivity index (χ3v) is 4.21. The third-order valence-electron chi connectivity index (χ3n) is 3.49. The minimum Gasteiger partial charge on any atom is -0.465 e. The number of esters is 1. The van der Waals surface area contributed by atoms with Gasteiger partial charge in [-0.25, -0.2) is 14.2 Å². The number of carbonyl (C=O) groups is 1. The van der Waals surface area contributed by atoms with Gasteiger partial charge in [-0.05, 0) is 52.9 Å². The average Bonchev–Trinajstić information content (AvgIpc) is 2.55. The molecule has 3 rings (SSSR count). The van der Waals surface area contributed by atoms with Crippen molar-refractivity contribution >= 4 is 45.2 Å². The molecule has 0 bridgehead atoms. The summed E-state index contributed by atoms with van der Waals surface area (Å²) in [5.41, 5.74) is 8.20. The number of benzene rings is 2. The first-order valence-corrected chi connectivity index (χ1v) is 7.82. The van der Waals surface area contributed by atoms with Crippen molar-refractivity contribution in [3.63, 3.8) is 0 Å². The SMILES string of the molecule is COC(=O)c1c(N)c(-c2ccc(I)cc2)nc2ccc(F)cc12. The first kappa shape index (κ1) is 15.7. The summed E-state index contributed by atoms with van der Waals surface area (Å²) in [6, 6.07) is 11.6. The molecule has 0 saturated carbocycles. The summed E-state index contributed by atoms with van der Waals surface area (Å²) in [5, 5.41) is 0.337. The van der Waals surface area contributed by atoms with E-state index in [4.69, 9.17) is 10.5 Å². The van der Waals surface area contributed by atoms with Gasteiger partial charge in [-0.2, -0.15) is 0 Å². The maximum Gasteiger partial charge on any atom is 0.340 e. The molecule has 0 aliphatic rings. The van der Waals surface area contributed by atoms with Gasteiger partial charge in [-0.3, -0.25) is 0 Å². The zero-order valence-corrected chi connectivity index (χ0v) is 14.3. The molecule has 0 aliphatic heterocycles. The number of hydrogen-bond donors (Lipinski definition) is 1. The number of nitrogens with two attached hydrogens (primary N) is 1. The summed E-state index contributed by atoms with van der Waals surface area (Å²) in [7, 11) is 1.26. The van der Waals surface area contributed by atoms with E-state index in [0.29, 0.717) is 16.6 Å². The van der Waals surface area contributed by atoms with E-state index in [-0.39, 0.29) is 11.3 Å². The van der Waals surface area contributed by atoms with Crippen LogP contribution in [0.1, 0.15) is 10.4 Å². The largest absolute Gasteiger partial charge is 0.465 e. The molecule has 0 spiro atoms. The molecular weight excluding hydrogens is 410 g/mol. The Morgan fingerprint density at radius 2 is 1.91 bits per heavy atom. The minimum absolute atomic E-state index is 0.130. The maximum atomic E-state index is 13.6. The highest BCUT2D eigenvalue weighted by molar-refractivity contribution is 14.1. The first-order chi connectivity index (χ1) is 11.0. The lowest BCUT2D eigenvalue weighted by atomic mass is 10.0. The molecule has 23 heavy (non-hydrogen) atoms. The number of rotatable bonds is 2. The van der Waals surface area contributed by atoms with Gasteiger partial charge in [0.15, 0.2) is 0 Å². The Labute approximate surface area is 145 Å². The van der Waals surface area contributed by atoms with Crippen LogP contribution in [0.25, 0.3) is 22.2 Å². The van der Waals surface area contributed by atoms with Crippen LogP contribution in [0.5, 0.6) is 0 Å². The summed E-state index contributed by atoms with van der Waals surface area (Å²) in [6.07, 6.45) is 0. The molecule has 2 aromatic carbocycles. The van der Waals surface area contributed by atoms with Gasteiger partial charge in [0, 0.05) is 14.5 Å². The molecule has 0 fully saturated rings. The van der Waals surface area contributed by atoms with Gasteiger partial charge < -0.3 is 10.5 Å². The Bertz CT molecular complexity index is 911. The fraction of sp³-hybridized carbons (Fsp3) is 0.0588. The van der Waals surface area contributed by atoms with Crippen molar-refractivity contribution in [2.75, 3.05) is 12.8 Å². The van der Waals surface area contributed by atoms with Crippen LogP contribution in [0.15, 0.2) is 42.5 Å². The third kappa shape index (κ3) is 2.86. The predicted molar refractivity (Wildman–Crippen MR) is 95.6 cm³/mol. The highest BCUT2D eigenvalue weighted by atomic mass is 127. The van der Waals surface area contributed by atoms with E-state index in [1.54, 1.807) is 0 Å². The lowest BCUT2D eigenvalue weighted by Gasteiger charge is -2.13. The highest BCUT2D eigenvalue weighted by Crippen LogP contribution is 2.33. The van der Waals surface area contributed by atoms with Gasteiger partial charge in [0.2, 0.25) is 0 Å². The molecule has 0 atom stereocenters. The fourth-order valence-corrected chi connectivity index (χ4v) is 2.76. The Morgan fingerprint density at radius 1 is 1.22 bits per heavy atom. The van der Waals surface area contributed by atoms with E-state index in [9.17, 15) is 9.18 Å². The standard InChI is InChI=1S/C17H12FIN2O2/c1-23-17(22)14-12-8-10(18)4-7-13(12)21-16(15(14)20)9-2-5-11(19)6-3-9/h2-8H,20H2,1H3. The Kier molecular flexibility index (Phi) is 4.16. The van der Waals surface area contributed by atoms with Gasteiger partial charge in [0.05, 0.1) is 29.6 Å². The number of fused-ring (bicyclic) bond motifs is 1. The van der Waals surface area contributed by atoms with Crippen molar-refractivity contribution in [2.45, 2.75) is 0 Å². The van der Waals surface area contributed by atoms with Gasteiger partial charge in [0.25, 0.3) is 0 Å². The molecule has 4 nitrogen and oxygen atoms in total. The number of nitrogen functional groups attached to an aromatic ring is 1. The fourth-order valence-electron chi connectivity index (χ4n) is 2.40. The van der Waals surface area contributed by atoms with Crippen molar-refractivity contribution in [2.24, 2.45) is 0 Å². The molecule has 0 amide bonds. The molecule has 0 saturated heterocycles. The van der Waals surface area contributed by atoms with Gasteiger partial charge in [-0.1, -0.05) is 12.1 Å². The number of ether oxygens (including phenoxy) is 1. The van der Waals surface area contributed by atoms with Crippen LogP contribution in [0.2, 0.25) is 0 Å². The van der Waals surface area contributed by atoms with Crippen molar-refractivity contribution < 1.29 is 13.9 Å². The number of aromatic nitrogens is 1. The molecule has 0 aliphatic carbocycles. The van der Waals surface area contributed by atoms with Gasteiger partial charge in [0.1, 0.15) is 5.82 Å². The van der Waals surface area contributed by atoms with Crippen LogP contribution in [0.3, 0.4) is 0 Å². The smallest absolute Gasteiger partial charge is 0.340 e. The molecule has 1 heterocycles. The van der Waals surface area contributed by atoms with E-state index in [1.807, 2.05) is 24.3 Å². The highest BCUT2D eigenvalue weighted by Gasteiger charge is 2.20. The predicted octanol–water partition coefficient (Wildman–Crippen LogP) is 4.01. The number of anilines is 1. The van der Waals surface area contributed by atoms with Gasteiger partial charge in [-0.15, -0.1) is 0 Å². The molecule has 0 unspecified atom stereocenters.